The van der Waals surface area contributed by atoms with Gasteiger partial charge in [-0.1, -0.05) is 6.42 Å². The third kappa shape index (κ3) is 1.72. The Morgan fingerprint density at radius 1 is 1.42 bits per heavy atom. The Morgan fingerprint density at radius 2 is 2.33 bits per heavy atom. The molecule has 2 rings (SSSR count). The summed E-state index contributed by atoms with van der Waals surface area (Å²) in [6.45, 7) is 0. The second-order valence-corrected chi connectivity index (χ2v) is 4.60. The van der Waals surface area contributed by atoms with Crippen LogP contribution in [0.3, 0.4) is 0 Å². The summed E-state index contributed by atoms with van der Waals surface area (Å²) in [5.74, 6) is 2.27. The van der Waals surface area contributed by atoms with Crippen LogP contribution in [-0.2, 0) is 0 Å². The van der Waals surface area contributed by atoms with E-state index < -0.39 is 0 Å². The van der Waals surface area contributed by atoms with Gasteiger partial charge in [-0.25, -0.2) is 4.98 Å². The van der Waals surface area contributed by atoms with Crippen LogP contribution in [0.15, 0.2) is 0 Å². The number of nitrogens with one attached hydrogen (secondary N) is 2. The first-order valence-corrected chi connectivity index (χ1v) is 5.58. The number of hydrogen-bond donors (Lipinski definition) is 2. The van der Waals surface area contributed by atoms with Gasteiger partial charge in [0.15, 0.2) is 0 Å². The van der Waals surface area contributed by atoms with E-state index in [0.717, 1.165) is 5.82 Å². The van der Waals surface area contributed by atoms with Crippen molar-refractivity contribution in [2.24, 2.45) is 0 Å². The van der Waals surface area contributed by atoms with E-state index in [0.29, 0.717) is 10.0 Å². The average Bonchev–Trinajstić information content (AvgIpc) is 2.54. The minimum absolute atomic E-state index is 0.534. The molecule has 12 heavy (non-hydrogen) atoms. The second kappa shape index (κ2) is 3.62. The van der Waals surface area contributed by atoms with Crippen molar-refractivity contribution in [2.75, 3.05) is 5.75 Å². The van der Waals surface area contributed by atoms with Crippen molar-refractivity contribution in [3.8, 4) is 0 Å². The minimum Gasteiger partial charge on any atom is -0.285 e. The molecule has 1 unspecified atom stereocenters. The van der Waals surface area contributed by atoms with Gasteiger partial charge in [0.2, 0.25) is 4.77 Å². The summed E-state index contributed by atoms with van der Waals surface area (Å²) < 4.78 is 0.566. The maximum Gasteiger partial charge on any atom is 0.213 e. The highest BCUT2D eigenvalue weighted by Gasteiger charge is 2.18. The number of hydrogen-bond acceptors (Lipinski definition) is 3. The summed E-state index contributed by atoms with van der Waals surface area (Å²) in [7, 11) is 0. The largest absolute Gasteiger partial charge is 0.285 e. The first-order chi connectivity index (χ1) is 5.86. The van der Waals surface area contributed by atoms with Crippen LogP contribution in [0.25, 0.3) is 0 Å². The van der Waals surface area contributed by atoms with Crippen molar-refractivity contribution < 1.29 is 0 Å². The molecule has 1 saturated heterocycles. The van der Waals surface area contributed by atoms with Gasteiger partial charge in [-0.05, 0) is 30.8 Å². The Bertz CT molecular complexity index is 298. The first-order valence-electron chi connectivity index (χ1n) is 4.12. The first kappa shape index (κ1) is 8.31. The molecule has 2 N–H and O–H groups in total. The van der Waals surface area contributed by atoms with Crippen molar-refractivity contribution in [3.05, 3.63) is 10.6 Å². The Hall–Kier alpha value is -0.290. The van der Waals surface area contributed by atoms with Crippen molar-refractivity contribution in [1.82, 2.24) is 15.2 Å². The van der Waals surface area contributed by atoms with E-state index in [-0.39, 0.29) is 0 Å². The second-order valence-electron chi connectivity index (χ2n) is 2.91. The van der Waals surface area contributed by atoms with Crippen LogP contribution in [-0.4, -0.2) is 20.9 Å². The number of thioether (sulfide) groups is 1. The predicted octanol–water partition coefficient (Wildman–Crippen LogP) is 2.43. The Balaban J connectivity index is 2.13. The van der Waals surface area contributed by atoms with E-state index >= 15 is 0 Å². The lowest BCUT2D eigenvalue weighted by atomic mass is 10.2. The van der Waals surface area contributed by atoms with Gasteiger partial charge in [0.05, 0.1) is 5.25 Å². The zero-order valence-electron chi connectivity index (χ0n) is 6.67. The van der Waals surface area contributed by atoms with Gasteiger partial charge in [-0.2, -0.15) is 11.8 Å². The molecule has 0 amide bonds. The van der Waals surface area contributed by atoms with Crippen LogP contribution in [0.4, 0.5) is 0 Å². The summed E-state index contributed by atoms with van der Waals surface area (Å²) >= 11 is 6.86. The van der Waals surface area contributed by atoms with Gasteiger partial charge in [0, 0.05) is 0 Å². The Kier molecular flexibility index (Phi) is 2.51. The molecule has 0 aromatic carbocycles. The topological polar surface area (TPSA) is 44.5 Å². The molecular weight excluding hydrogens is 190 g/mol. The van der Waals surface area contributed by atoms with Crippen LogP contribution < -0.4 is 0 Å². The molecule has 1 aromatic heterocycles. The highest BCUT2D eigenvalue weighted by atomic mass is 32.2. The molecule has 66 valence electrons. The van der Waals surface area contributed by atoms with Crippen molar-refractivity contribution in [3.63, 3.8) is 0 Å². The monoisotopic (exact) mass is 201 g/mol. The van der Waals surface area contributed by atoms with Gasteiger partial charge in [0.25, 0.3) is 0 Å². The fourth-order valence-electron chi connectivity index (χ4n) is 1.39. The van der Waals surface area contributed by atoms with Crippen molar-refractivity contribution in [1.29, 1.82) is 0 Å². The van der Waals surface area contributed by atoms with Gasteiger partial charge in [-0.15, -0.1) is 0 Å². The SMILES string of the molecule is S=c1nc(C2CCCCS2)[nH][nH]1. The maximum absolute atomic E-state index is 4.90. The zero-order chi connectivity index (χ0) is 8.39. The van der Waals surface area contributed by atoms with Gasteiger partial charge < -0.3 is 0 Å². The number of aromatic nitrogens is 3. The molecule has 1 aliphatic heterocycles. The van der Waals surface area contributed by atoms with E-state index in [4.69, 9.17) is 12.2 Å². The number of nitrogens with zero attached hydrogens (tertiary/aromatic N) is 1. The molecule has 5 heteroatoms. The molecule has 3 nitrogen and oxygen atoms in total. The fraction of sp³-hybridized carbons (Fsp3) is 0.714. The summed E-state index contributed by atoms with van der Waals surface area (Å²) in [6, 6.07) is 0. The third-order valence-electron chi connectivity index (χ3n) is 2.00. The number of rotatable bonds is 1. The standard InChI is InChI=1S/C7H11N3S2/c11-7-8-6(9-10-7)5-3-1-2-4-12-5/h5H,1-4H2,(H2,8,9,10,11). The van der Waals surface area contributed by atoms with Crippen LogP contribution in [0.5, 0.6) is 0 Å². The summed E-state index contributed by atoms with van der Waals surface area (Å²) in [4.78, 5) is 4.22. The zero-order valence-corrected chi connectivity index (χ0v) is 8.30. The van der Waals surface area contributed by atoms with Gasteiger partial charge in [-0.3, -0.25) is 10.2 Å². The van der Waals surface area contributed by atoms with Gasteiger partial charge in [0.1, 0.15) is 5.82 Å². The average molecular weight is 201 g/mol. The lowest BCUT2D eigenvalue weighted by molar-refractivity contribution is 0.664. The Morgan fingerprint density at radius 3 is 2.92 bits per heavy atom. The van der Waals surface area contributed by atoms with Crippen LogP contribution in [0, 0.1) is 4.77 Å². The lowest BCUT2D eigenvalue weighted by Crippen LogP contribution is -2.03. The number of H-pyrrole nitrogens is 2. The normalized spacial score (nSPS) is 24.2. The molecule has 0 spiro atoms. The molecular formula is C7H11N3S2. The Labute approximate surface area is 80.3 Å². The van der Waals surface area contributed by atoms with Crippen LogP contribution >= 0.6 is 24.0 Å². The van der Waals surface area contributed by atoms with Crippen molar-refractivity contribution >= 4 is 24.0 Å². The van der Waals surface area contributed by atoms with Crippen LogP contribution in [0.1, 0.15) is 30.3 Å². The minimum atomic E-state index is 0.534. The molecule has 0 radical (unpaired) electrons. The fourth-order valence-corrected chi connectivity index (χ4v) is 2.80. The molecule has 0 bridgehead atoms. The third-order valence-corrected chi connectivity index (χ3v) is 3.58. The lowest BCUT2D eigenvalue weighted by Gasteiger charge is -2.18. The summed E-state index contributed by atoms with van der Waals surface area (Å²) in [5.41, 5.74) is 0. The molecule has 1 aromatic rings. The molecule has 1 fully saturated rings. The molecule has 1 aliphatic rings. The maximum atomic E-state index is 4.90. The molecule has 0 aliphatic carbocycles. The molecule has 2 heterocycles. The smallest absolute Gasteiger partial charge is 0.213 e. The highest BCUT2D eigenvalue weighted by molar-refractivity contribution is 7.99. The summed E-state index contributed by atoms with van der Waals surface area (Å²) in [5, 5.41) is 6.38. The quantitative estimate of drug-likeness (QED) is 0.686. The van der Waals surface area contributed by atoms with E-state index in [1.807, 2.05) is 11.8 Å². The molecule has 1 atom stereocenters. The number of aromatic amines is 2. The van der Waals surface area contributed by atoms with Crippen molar-refractivity contribution in [2.45, 2.75) is 24.5 Å². The summed E-state index contributed by atoms with van der Waals surface area (Å²) in [6.07, 6.45) is 3.87. The van der Waals surface area contributed by atoms with E-state index in [2.05, 4.69) is 15.2 Å². The highest BCUT2D eigenvalue weighted by Crippen LogP contribution is 2.36. The van der Waals surface area contributed by atoms with Gasteiger partial charge >= 0.3 is 0 Å². The molecule has 0 saturated carbocycles. The predicted molar refractivity (Wildman–Crippen MR) is 52.8 cm³/mol. The van der Waals surface area contributed by atoms with Crippen LogP contribution in [0.2, 0.25) is 0 Å². The van der Waals surface area contributed by atoms with E-state index in [1.165, 1.54) is 25.0 Å². The van der Waals surface area contributed by atoms with E-state index in [9.17, 15) is 0 Å². The van der Waals surface area contributed by atoms with E-state index in [1.54, 1.807) is 0 Å².